The second-order valence-corrected chi connectivity index (χ2v) is 7.22. The number of alkyl halides is 3. The number of carbonyl (C=O) groups excluding carboxylic acids is 1. The zero-order valence-corrected chi connectivity index (χ0v) is 15.7. The highest BCUT2D eigenvalue weighted by Gasteiger charge is 2.28. The maximum Gasteiger partial charge on any atom is 0.405 e. The lowest BCUT2D eigenvalue weighted by Gasteiger charge is -2.15. The average molecular weight is 402 g/mol. The number of benzene rings is 1. The molecule has 0 aliphatic carbocycles. The Morgan fingerprint density at radius 3 is 2.37 bits per heavy atom. The van der Waals surface area contributed by atoms with Crippen LogP contribution in [0.2, 0.25) is 5.02 Å². The molecule has 2 aromatic rings. The molecule has 1 aromatic carbocycles. The number of nitrogens with one attached hydrogen (secondary N) is 3. The molecule has 0 aliphatic rings. The van der Waals surface area contributed by atoms with Gasteiger partial charge in [-0.1, -0.05) is 32.4 Å². The van der Waals surface area contributed by atoms with Crippen LogP contribution in [0.25, 0.3) is 0 Å². The first-order valence-corrected chi connectivity index (χ1v) is 8.34. The number of aromatic nitrogens is 2. The van der Waals surface area contributed by atoms with Gasteiger partial charge in [0.1, 0.15) is 6.54 Å². The predicted octanol–water partition coefficient (Wildman–Crippen LogP) is 4.12. The largest absolute Gasteiger partial charge is 0.405 e. The highest BCUT2D eigenvalue weighted by atomic mass is 35.5. The number of aliphatic imine (C=N–C) groups is 1. The fourth-order valence-electron chi connectivity index (χ4n) is 1.95. The predicted molar refractivity (Wildman–Crippen MR) is 98.2 cm³/mol. The van der Waals surface area contributed by atoms with E-state index in [4.69, 9.17) is 11.6 Å². The second-order valence-electron chi connectivity index (χ2n) is 6.78. The summed E-state index contributed by atoms with van der Waals surface area (Å²) in [6, 6.07) is 7.48. The highest BCUT2D eigenvalue weighted by Crippen LogP contribution is 2.22. The quantitative estimate of drug-likeness (QED) is 0.533. The molecule has 27 heavy (non-hydrogen) atoms. The summed E-state index contributed by atoms with van der Waals surface area (Å²) in [6.45, 7) is 4.49. The Labute approximate surface area is 159 Å². The molecule has 2 rings (SSSR count). The van der Waals surface area contributed by atoms with E-state index >= 15 is 0 Å². The lowest BCUT2D eigenvalue weighted by Crippen LogP contribution is -2.38. The van der Waals surface area contributed by atoms with Gasteiger partial charge in [0.25, 0.3) is 5.91 Å². The van der Waals surface area contributed by atoms with Crippen molar-refractivity contribution in [1.29, 1.82) is 0 Å². The second kappa shape index (κ2) is 7.99. The molecule has 146 valence electrons. The molecule has 1 amide bonds. The van der Waals surface area contributed by atoms with Gasteiger partial charge >= 0.3 is 6.18 Å². The summed E-state index contributed by atoms with van der Waals surface area (Å²) in [5.41, 5.74) is 0.720. The van der Waals surface area contributed by atoms with E-state index in [1.54, 1.807) is 6.07 Å². The van der Waals surface area contributed by atoms with Crippen LogP contribution in [0.4, 0.5) is 19.0 Å². The summed E-state index contributed by atoms with van der Waals surface area (Å²) in [5.74, 6) is -0.855. The molecule has 0 atom stereocenters. The SMILES string of the molecule is CC(C)(C)c1cc(N/C(=N\C(=O)c2ccc(Cl)cc2)NCC(F)(F)F)n[nH]1. The summed E-state index contributed by atoms with van der Waals surface area (Å²) in [6.07, 6.45) is -4.48. The minimum atomic E-state index is -4.48. The number of aromatic amines is 1. The Kier molecular flexibility index (Phi) is 6.15. The van der Waals surface area contributed by atoms with Crippen LogP contribution < -0.4 is 10.6 Å². The summed E-state index contributed by atoms with van der Waals surface area (Å²) in [7, 11) is 0. The summed E-state index contributed by atoms with van der Waals surface area (Å²) < 4.78 is 37.7. The molecule has 0 bridgehead atoms. The van der Waals surface area contributed by atoms with Crippen LogP contribution in [0.5, 0.6) is 0 Å². The zero-order chi connectivity index (χ0) is 20.2. The molecule has 0 spiro atoms. The van der Waals surface area contributed by atoms with Crippen LogP contribution in [0.15, 0.2) is 35.3 Å². The van der Waals surface area contributed by atoms with Gasteiger partial charge < -0.3 is 10.6 Å². The van der Waals surface area contributed by atoms with Crippen LogP contribution in [-0.4, -0.2) is 34.8 Å². The maximum atomic E-state index is 12.6. The number of guanidine groups is 1. The van der Waals surface area contributed by atoms with Gasteiger partial charge in [-0.05, 0) is 24.3 Å². The molecular weight excluding hydrogens is 383 g/mol. The third-order valence-electron chi connectivity index (χ3n) is 3.39. The van der Waals surface area contributed by atoms with Gasteiger partial charge in [-0.3, -0.25) is 9.89 Å². The molecule has 3 N–H and O–H groups in total. The first-order valence-electron chi connectivity index (χ1n) is 7.96. The molecule has 0 unspecified atom stereocenters. The van der Waals surface area contributed by atoms with Crippen molar-refractivity contribution in [2.45, 2.75) is 32.4 Å². The number of amides is 1. The average Bonchev–Trinajstić information content (AvgIpc) is 3.01. The third kappa shape index (κ3) is 6.59. The van der Waals surface area contributed by atoms with Gasteiger partial charge in [0.15, 0.2) is 5.82 Å². The maximum absolute atomic E-state index is 12.6. The fourth-order valence-corrected chi connectivity index (χ4v) is 2.07. The number of hydrogen-bond acceptors (Lipinski definition) is 2. The first-order chi connectivity index (χ1) is 12.4. The van der Waals surface area contributed by atoms with E-state index in [2.05, 4.69) is 25.8 Å². The minimum absolute atomic E-state index is 0.185. The molecule has 0 aliphatic heterocycles. The standard InChI is InChI=1S/C17H19ClF3N5O/c1-16(2,3)12-8-13(26-25-12)23-15(22-9-17(19,20)21)24-14(27)10-4-6-11(18)7-5-10/h4-8H,9H2,1-3H3,(H3,22,23,24,25,26,27). The molecule has 10 heteroatoms. The normalized spacial score (nSPS) is 12.8. The molecule has 6 nitrogen and oxygen atoms in total. The van der Waals surface area contributed by atoms with Gasteiger partial charge in [-0.2, -0.15) is 23.3 Å². The van der Waals surface area contributed by atoms with Gasteiger partial charge in [0, 0.05) is 27.8 Å². The van der Waals surface area contributed by atoms with Crippen molar-refractivity contribution in [3.05, 3.63) is 46.6 Å². The van der Waals surface area contributed by atoms with Crippen LogP contribution in [0.3, 0.4) is 0 Å². The summed E-state index contributed by atoms with van der Waals surface area (Å²) in [5, 5.41) is 11.9. The van der Waals surface area contributed by atoms with Crippen LogP contribution in [-0.2, 0) is 5.41 Å². The number of anilines is 1. The number of H-pyrrole nitrogens is 1. The van der Waals surface area contributed by atoms with Crippen molar-refractivity contribution in [1.82, 2.24) is 15.5 Å². The summed E-state index contributed by atoms with van der Waals surface area (Å²) >= 11 is 5.76. The Hall–Kier alpha value is -2.55. The Bertz CT molecular complexity index is 822. The van der Waals surface area contributed by atoms with Crippen LogP contribution in [0, 0.1) is 0 Å². The molecule has 1 heterocycles. The number of rotatable bonds is 3. The Morgan fingerprint density at radius 2 is 1.85 bits per heavy atom. The van der Waals surface area contributed by atoms with E-state index in [1.165, 1.54) is 24.3 Å². The molecule has 1 aromatic heterocycles. The van der Waals surface area contributed by atoms with Gasteiger partial charge in [-0.15, -0.1) is 0 Å². The molecule has 0 fully saturated rings. The van der Waals surface area contributed by atoms with Gasteiger partial charge in [0.2, 0.25) is 5.96 Å². The first kappa shape index (κ1) is 20.8. The highest BCUT2D eigenvalue weighted by molar-refractivity contribution is 6.30. The van der Waals surface area contributed by atoms with Crippen molar-refractivity contribution < 1.29 is 18.0 Å². The number of halogens is 4. The van der Waals surface area contributed by atoms with E-state index in [9.17, 15) is 18.0 Å². The minimum Gasteiger partial charge on any atom is -0.347 e. The molecule has 0 saturated heterocycles. The number of carbonyl (C=O) groups is 1. The monoisotopic (exact) mass is 401 g/mol. The van der Waals surface area contributed by atoms with Crippen LogP contribution >= 0.6 is 11.6 Å². The van der Waals surface area contributed by atoms with E-state index in [0.29, 0.717) is 5.02 Å². The number of hydrogen-bond donors (Lipinski definition) is 3. The number of nitrogens with zero attached hydrogens (tertiary/aromatic N) is 2. The van der Waals surface area contributed by atoms with E-state index in [-0.39, 0.29) is 22.8 Å². The van der Waals surface area contributed by atoms with E-state index in [1.807, 2.05) is 20.8 Å². The lowest BCUT2D eigenvalue weighted by atomic mass is 9.92. The van der Waals surface area contributed by atoms with Crippen molar-refractivity contribution in [3.8, 4) is 0 Å². The zero-order valence-electron chi connectivity index (χ0n) is 14.9. The van der Waals surface area contributed by atoms with Crippen molar-refractivity contribution in [3.63, 3.8) is 0 Å². The third-order valence-corrected chi connectivity index (χ3v) is 3.65. The van der Waals surface area contributed by atoms with E-state index < -0.39 is 18.6 Å². The smallest absolute Gasteiger partial charge is 0.347 e. The molecular formula is C17H19ClF3N5O. The van der Waals surface area contributed by atoms with Crippen molar-refractivity contribution in [2.24, 2.45) is 4.99 Å². The van der Waals surface area contributed by atoms with Crippen molar-refractivity contribution in [2.75, 3.05) is 11.9 Å². The lowest BCUT2D eigenvalue weighted by molar-refractivity contribution is -0.122. The fraction of sp³-hybridized carbons (Fsp3) is 0.353. The van der Waals surface area contributed by atoms with Crippen LogP contribution in [0.1, 0.15) is 36.8 Å². The van der Waals surface area contributed by atoms with Gasteiger partial charge in [0.05, 0.1) is 0 Å². The topological polar surface area (TPSA) is 82.2 Å². The molecule has 0 saturated carbocycles. The van der Waals surface area contributed by atoms with Crippen molar-refractivity contribution >= 4 is 29.3 Å². The summed E-state index contributed by atoms with van der Waals surface area (Å²) in [4.78, 5) is 15.9. The molecule has 0 radical (unpaired) electrons. The Morgan fingerprint density at radius 1 is 1.22 bits per heavy atom. The van der Waals surface area contributed by atoms with E-state index in [0.717, 1.165) is 5.69 Å². The Balaban J connectivity index is 2.23. The van der Waals surface area contributed by atoms with Gasteiger partial charge in [-0.25, -0.2) is 0 Å².